The Morgan fingerprint density at radius 1 is 0.667 bits per heavy atom. The lowest BCUT2D eigenvalue weighted by molar-refractivity contribution is 0.250. The lowest BCUT2D eigenvalue weighted by Gasteiger charge is -2.31. The zero-order valence-corrected chi connectivity index (χ0v) is 29.2. The van der Waals surface area contributed by atoms with E-state index in [0.29, 0.717) is 13.1 Å². The third kappa shape index (κ3) is 13.6. The number of halogens is 4. The van der Waals surface area contributed by atoms with Gasteiger partial charge in [-0.3, -0.25) is 20.8 Å². The normalized spacial score (nSPS) is 15.5. The minimum atomic E-state index is -0.841. The van der Waals surface area contributed by atoms with Gasteiger partial charge in [0.05, 0.1) is 26.3 Å². The molecule has 2 rings (SSSR count). The molecule has 0 spiro atoms. The van der Waals surface area contributed by atoms with Gasteiger partial charge < -0.3 is 31.5 Å². The Labute approximate surface area is 275 Å². The standard InChI is InChI=1S/C16H30N6O2.C8H18N6.4ClH/c1-15(2,13-17-5-7-21(13)9-11-23)19-20-16(3,4)14-18-6-8-22(14)10-12-24;1-7(2,5(9)10)13-14-8(3,4)6(11)12;;;;/h23-24H,5-12H2,1-4H3;1-4H3,(H3,9,10)(H3,11,12);4*1H. The minimum absolute atomic E-state index is 0. The molecule has 0 amide bonds. The molecule has 0 saturated carbocycles. The van der Waals surface area contributed by atoms with E-state index >= 15 is 0 Å². The molecule has 2 heterocycles. The van der Waals surface area contributed by atoms with Crippen LogP contribution in [0.4, 0.5) is 0 Å². The largest absolute Gasteiger partial charge is 0.395 e. The van der Waals surface area contributed by atoms with Crippen molar-refractivity contribution in [3.8, 4) is 0 Å². The third-order valence-corrected chi connectivity index (χ3v) is 6.11. The smallest absolute Gasteiger partial charge is 0.133 e. The van der Waals surface area contributed by atoms with Gasteiger partial charge in [0.15, 0.2) is 0 Å². The zero-order chi connectivity index (χ0) is 29.4. The number of aliphatic imine (C=N–C) groups is 2. The van der Waals surface area contributed by atoms with E-state index in [1.807, 2.05) is 27.7 Å². The summed E-state index contributed by atoms with van der Waals surface area (Å²) >= 11 is 0. The first-order valence-electron chi connectivity index (χ1n) is 12.8. The molecule has 8 N–H and O–H groups in total. The summed E-state index contributed by atoms with van der Waals surface area (Å²) in [6.45, 7) is 19.1. The number of rotatable bonds is 12. The molecule has 0 aromatic carbocycles. The molecule has 0 radical (unpaired) electrons. The summed E-state index contributed by atoms with van der Waals surface area (Å²) in [6, 6.07) is 0. The summed E-state index contributed by atoms with van der Waals surface area (Å²) in [5.74, 6) is 1.61. The highest BCUT2D eigenvalue weighted by molar-refractivity contribution is 5.93. The minimum Gasteiger partial charge on any atom is -0.395 e. The number of β-amino-alcohol motifs (C(OH)–C–C–N with tert-alkyl or cyclic N) is 2. The molecular formula is C24H52Cl4N12O2. The van der Waals surface area contributed by atoms with Crippen LogP contribution < -0.4 is 11.5 Å². The predicted molar refractivity (Wildman–Crippen MR) is 181 cm³/mol. The molecule has 0 saturated heterocycles. The van der Waals surface area contributed by atoms with E-state index in [2.05, 4.69) is 40.2 Å². The van der Waals surface area contributed by atoms with Crippen LogP contribution in [-0.4, -0.2) is 118 Å². The van der Waals surface area contributed by atoms with Gasteiger partial charge in [-0.1, -0.05) is 0 Å². The van der Waals surface area contributed by atoms with E-state index in [1.165, 1.54) is 0 Å². The Hall–Kier alpha value is -1.84. The van der Waals surface area contributed by atoms with Crippen molar-refractivity contribution in [1.82, 2.24) is 9.80 Å². The van der Waals surface area contributed by atoms with Crippen molar-refractivity contribution >= 4 is 73.0 Å². The Kier molecular flexibility index (Phi) is 21.8. The summed E-state index contributed by atoms with van der Waals surface area (Å²) in [6.07, 6.45) is 0. The molecule has 0 aromatic rings. The van der Waals surface area contributed by atoms with Crippen molar-refractivity contribution in [3.05, 3.63) is 0 Å². The van der Waals surface area contributed by atoms with Gasteiger partial charge in [0.25, 0.3) is 0 Å². The summed E-state index contributed by atoms with van der Waals surface area (Å²) < 4.78 is 0. The number of aliphatic hydroxyl groups is 2. The fourth-order valence-electron chi connectivity index (χ4n) is 3.50. The molecule has 248 valence electrons. The molecule has 2 aliphatic heterocycles. The van der Waals surface area contributed by atoms with Crippen LogP contribution in [-0.2, 0) is 0 Å². The lowest BCUT2D eigenvalue weighted by atomic mass is 10.0. The third-order valence-electron chi connectivity index (χ3n) is 6.11. The Balaban J connectivity index is -0.000000352. The number of hydrogen-bond acceptors (Lipinski definition) is 12. The topological polar surface area (TPSA) is 221 Å². The molecule has 0 atom stereocenters. The van der Waals surface area contributed by atoms with Crippen LogP contribution in [0, 0.1) is 10.8 Å². The molecule has 0 bridgehead atoms. The van der Waals surface area contributed by atoms with Crippen LogP contribution in [0.1, 0.15) is 55.4 Å². The number of aliphatic hydroxyl groups excluding tert-OH is 2. The molecule has 0 fully saturated rings. The van der Waals surface area contributed by atoms with Crippen LogP contribution in [0.3, 0.4) is 0 Å². The van der Waals surface area contributed by atoms with Gasteiger partial charge in [0.1, 0.15) is 45.5 Å². The molecule has 2 aliphatic rings. The van der Waals surface area contributed by atoms with Crippen molar-refractivity contribution in [2.24, 2.45) is 41.9 Å². The number of nitrogens with two attached hydrogens (primary N) is 2. The summed E-state index contributed by atoms with van der Waals surface area (Å²) in [5, 5.41) is 49.9. The maximum absolute atomic E-state index is 9.20. The Bertz CT molecular complexity index is 895. The highest BCUT2D eigenvalue weighted by Crippen LogP contribution is 2.24. The van der Waals surface area contributed by atoms with E-state index in [4.69, 9.17) is 22.3 Å². The second kappa shape index (κ2) is 19.4. The Morgan fingerprint density at radius 2 is 0.952 bits per heavy atom. The average molecular weight is 683 g/mol. The van der Waals surface area contributed by atoms with Crippen molar-refractivity contribution < 1.29 is 10.2 Å². The van der Waals surface area contributed by atoms with Gasteiger partial charge in [0.2, 0.25) is 0 Å². The van der Waals surface area contributed by atoms with Crippen LogP contribution >= 0.6 is 49.6 Å². The number of hydrogen-bond donors (Lipinski definition) is 6. The monoisotopic (exact) mass is 680 g/mol. The van der Waals surface area contributed by atoms with E-state index in [9.17, 15) is 10.2 Å². The van der Waals surface area contributed by atoms with Crippen LogP contribution in [0.2, 0.25) is 0 Å². The number of azo groups is 2. The fraction of sp³-hybridized carbons (Fsp3) is 0.833. The second-order valence-electron chi connectivity index (χ2n) is 11.3. The van der Waals surface area contributed by atoms with Crippen molar-refractivity contribution in [2.75, 3.05) is 52.5 Å². The molecule has 14 nitrogen and oxygen atoms in total. The van der Waals surface area contributed by atoms with Gasteiger partial charge in [-0.2, -0.15) is 20.5 Å². The molecule has 18 heteroatoms. The molecule has 42 heavy (non-hydrogen) atoms. The molecule has 0 unspecified atom stereocenters. The predicted octanol–water partition coefficient (Wildman–Crippen LogP) is 2.96. The van der Waals surface area contributed by atoms with Gasteiger partial charge in [-0.25, -0.2) is 0 Å². The van der Waals surface area contributed by atoms with E-state index in [-0.39, 0.29) is 74.5 Å². The summed E-state index contributed by atoms with van der Waals surface area (Å²) in [4.78, 5) is 13.2. The molecule has 0 aliphatic carbocycles. The molecular weight excluding hydrogens is 630 g/mol. The van der Waals surface area contributed by atoms with Gasteiger partial charge in [-0.15, -0.1) is 49.6 Å². The van der Waals surface area contributed by atoms with Gasteiger partial charge >= 0.3 is 0 Å². The lowest BCUT2D eigenvalue weighted by Crippen LogP contribution is -2.45. The SMILES string of the molecule is CC(C)(N=NC(C)(C)C(=N)N)C(=N)N.CC(C)(N=NC(C)(C)C1=NCCN1CCO)C1=NCCN1CCO.Cl.Cl.Cl.Cl. The Morgan fingerprint density at radius 3 is 1.19 bits per heavy atom. The van der Waals surface area contributed by atoms with Crippen molar-refractivity contribution in [3.63, 3.8) is 0 Å². The maximum atomic E-state index is 9.20. The number of nitrogens with zero attached hydrogens (tertiary/aromatic N) is 8. The van der Waals surface area contributed by atoms with Crippen LogP contribution in [0.15, 0.2) is 30.4 Å². The van der Waals surface area contributed by atoms with Crippen LogP contribution in [0.25, 0.3) is 0 Å². The van der Waals surface area contributed by atoms with E-state index in [0.717, 1.165) is 37.9 Å². The summed E-state index contributed by atoms with van der Waals surface area (Å²) in [7, 11) is 0. The summed E-state index contributed by atoms with van der Waals surface area (Å²) in [5.41, 5.74) is 7.86. The second-order valence-corrected chi connectivity index (χ2v) is 11.3. The van der Waals surface area contributed by atoms with Gasteiger partial charge in [0, 0.05) is 26.2 Å². The van der Waals surface area contributed by atoms with Crippen molar-refractivity contribution in [2.45, 2.75) is 77.5 Å². The first-order chi connectivity index (χ1) is 17.4. The highest BCUT2D eigenvalue weighted by Gasteiger charge is 2.36. The van der Waals surface area contributed by atoms with E-state index < -0.39 is 22.2 Å². The fourth-order valence-corrected chi connectivity index (χ4v) is 3.50. The van der Waals surface area contributed by atoms with Gasteiger partial charge in [-0.05, 0) is 55.4 Å². The van der Waals surface area contributed by atoms with Crippen LogP contribution in [0.5, 0.6) is 0 Å². The number of amidine groups is 4. The first-order valence-corrected chi connectivity index (χ1v) is 12.8. The number of nitrogens with one attached hydrogen (secondary N) is 2. The van der Waals surface area contributed by atoms with Crippen molar-refractivity contribution in [1.29, 1.82) is 10.8 Å². The first kappa shape index (κ1) is 47.1. The highest BCUT2D eigenvalue weighted by atomic mass is 35.5. The zero-order valence-electron chi connectivity index (χ0n) is 25.9. The maximum Gasteiger partial charge on any atom is 0.133 e. The quantitative estimate of drug-likeness (QED) is 0.103. The van der Waals surface area contributed by atoms with E-state index in [1.54, 1.807) is 27.7 Å². The molecule has 0 aromatic heterocycles. The average Bonchev–Trinajstić information content (AvgIpc) is 3.48.